The van der Waals surface area contributed by atoms with Gasteiger partial charge in [-0.1, -0.05) is 0 Å². The van der Waals surface area contributed by atoms with Gasteiger partial charge in [0.2, 0.25) is 0 Å². The fourth-order valence-electron chi connectivity index (χ4n) is 2.79. The van der Waals surface area contributed by atoms with Crippen LogP contribution in [-0.4, -0.2) is 40.1 Å². The Balaban J connectivity index is 2.14. The number of rotatable bonds is 6. The average molecular weight is 386 g/mol. The van der Waals surface area contributed by atoms with Crippen LogP contribution in [0.1, 0.15) is 45.7 Å². The minimum Gasteiger partial charge on any atom is -0.598 e. The Morgan fingerprint density at radius 1 is 1.62 bits per heavy atom. The first-order valence-corrected chi connectivity index (χ1v) is 9.73. The molecule has 0 bridgehead atoms. The predicted molar refractivity (Wildman–Crippen MR) is 99.5 cm³/mol. The van der Waals surface area contributed by atoms with Gasteiger partial charge in [-0.05, 0) is 40.2 Å². The first kappa shape index (κ1) is 20.7. The molecule has 1 aliphatic heterocycles. The van der Waals surface area contributed by atoms with E-state index < -0.39 is 28.0 Å². The van der Waals surface area contributed by atoms with E-state index in [9.17, 15) is 13.7 Å². The molecule has 2 heterocycles. The van der Waals surface area contributed by atoms with Crippen molar-refractivity contribution >= 4 is 23.3 Å². The van der Waals surface area contributed by atoms with E-state index in [2.05, 4.69) is 9.71 Å². The Kier molecular flexibility index (Phi) is 6.70. The van der Waals surface area contributed by atoms with E-state index in [-0.39, 0.29) is 18.6 Å². The molecule has 0 aromatic carbocycles. The van der Waals surface area contributed by atoms with Crippen molar-refractivity contribution in [3.63, 3.8) is 0 Å². The number of hydrogen-bond donors (Lipinski definition) is 2. The van der Waals surface area contributed by atoms with Gasteiger partial charge in [-0.25, -0.2) is 14.2 Å². The number of pyridine rings is 1. The third-order valence-corrected chi connectivity index (χ3v) is 5.89. The molecule has 1 saturated heterocycles. The van der Waals surface area contributed by atoms with Crippen molar-refractivity contribution in [2.24, 2.45) is 11.7 Å². The minimum absolute atomic E-state index is 0.147. The van der Waals surface area contributed by atoms with Gasteiger partial charge in [0.1, 0.15) is 16.4 Å². The summed E-state index contributed by atoms with van der Waals surface area (Å²) in [7, 11) is 0. The molecule has 1 aromatic rings. The average Bonchev–Trinajstić information content (AvgIpc) is 3.00. The van der Waals surface area contributed by atoms with E-state index in [1.165, 1.54) is 12.3 Å². The molecule has 0 spiro atoms. The van der Waals surface area contributed by atoms with Crippen LogP contribution in [-0.2, 0) is 16.1 Å². The van der Waals surface area contributed by atoms with E-state index in [0.717, 1.165) is 6.42 Å². The molecule has 1 unspecified atom stereocenters. The molecule has 0 radical (unpaired) electrons. The molecule has 0 saturated carbocycles. The number of carbonyl (C=O) groups excluding carboxylic acids is 1. The minimum atomic E-state index is -1.29. The van der Waals surface area contributed by atoms with Crippen LogP contribution >= 0.6 is 0 Å². The van der Waals surface area contributed by atoms with Gasteiger partial charge in [-0.2, -0.15) is 0 Å². The maximum Gasteiger partial charge on any atom is 0.404 e. The number of halogens is 1. The summed E-state index contributed by atoms with van der Waals surface area (Å²) in [6, 6.07) is 1.08. The van der Waals surface area contributed by atoms with Crippen molar-refractivity contribution < 1.29 is 18.5 Å². The zero-order valence-electron chi connectivity index (χ0n) is 15.6. The molecule has 3 atom stereocenters. The van der Waals surface area contributed by atoms with Gasteiger partial charge in [0, 0.05) is 35.9 Å². The van der Waals surface area contributed by atoms with Gasteiger partial charge >= 0.3 is 6.09 Å². The van der Waals surface area contributed by atoms with Crippen LogP contribution in [0.4, 0.5) is 15.0 Å². The highest BCUT2D eigenvalue weighted by atomic mass is 32.2. The Morgan fingerprint density at radius 3 is 2.92 bits per heavy atom. The van der Waals surface area contributed by atoms with E-state index in [1.54, 1.807) is 0 Å². The maximum absolute atomic E-state index is 13.8. The summed E-state index contributed by atoms with van der Waals surface area (Å²) in [6.07, 6.45) is 1.22. The molecule has 1 fully saturated rings. The predicted octanol–water partition coefficient (Wildman–Crippen LogP) is 2.26. The summed E-state index contributed by atoms with van der Waals surface area (Å²) in [4.78, 5) is 17.1. The largest absolute Gasteiger partial charge is 0.598 e. The Labute approximate surface area is 156 Å². The standard InChI is InChI=1S/C17H27FN4O3S/c1-11(21-26(24)17(2,3)4)14-7-13(18)8-20-15(14)22-6-5-12(9-22)10-25-16(19)23/h7-8,11-12,21H,5-6,9-10H2,1-4H3,(H2,19,23)/t11-,12-,26?/m1/s1. The molecule has 7 nitrogen and oxygen atoms in total. The van der Waals surface area contributed by atoms with Crippen molar-refractivity contribution in [2.75, 3.05) is 24.6 Å². The highest BCUT2D eigenvalue weighted by Gasteiger charge is 2.31. The summed E-state index contributed by atoms with van der Waals surface area (Å²) < 4.78 is 33.7. The van der Waals surface area contributed by atoms with Crippen molar-refractivity contribution in [1.29, 1.82) is 0 Å². The van der Waals surface area contributed by atoms with Gasteiger partial charge in [0.25, 0.3) is 0 Å². The first-order valence-electron chi connectivity index (χ1n) is 8.58. The number of carbonyl (C=O) groups is 1. The van der Waals surface area contributed by atoms with Crippen molar-refractivity contribution in [2.45, 2.75) is 44.9 Å². The Morgan fingerprint density at radius 2 is 2.31 bits per heavy atom. The number of nitrogens with two attached hydrogens (primary N) is 1. The lowest BCUT2D eigenvalue weighted by atomic mass is 10.1. The van der Waals surface area contributed by atoms with Crippen molar-refractivity contribution in [1.82, 2.24) is 9.71 Å². The van der Waals surface area contributed by atoms with Gasteiger partial charge in [0.05, 0.1) is 18.8 Å². The van der Waals surface area contributed by atoms with Gasteiger partial charge in [0.15, 0.2) is 0 Å². The van der Waals surface area contributed by atoms with Crippen LogP contribution in [0.25, 0.3) is 0 Å². The number of aromatic nitrogens is 1. The maximum atomic E-state index is 13.8. The van der Waals surface area contributed by atoms with Gasteiger partial charge < -0.3 is 19.9 Å². The van der Waals surface area contributed by atoms with Crippen LogP contribution < -0.4 is 15.4 Å². The van der Waals surface area contributed by atoms with Gasteiger partial charge in [-0.15, -0.1) is 4.72 Å². The first-order chi connectivity index (χ1) is 12.1. The number of nitrogens with zero attached hydrogens (tertiary/aromatic N) is 2. The monoisotopic (exact) mass is 386 g/mol. The second kappa shape index (κ2) is 8.41. The topological polar surface area (TPSA) is 104 Å². The smallest absolute Gasteiger partial charge is 0.404 e. The quantitative estimate of drug-likeness (QED) is 0.727. The molecular weight excluding hydrogens is 359 g/mol. The fourth-order valence-corrected chi connectivity index (χ4v) is 3.59. The molecule has 26 heavy (non-hydrogen) atoms. The molecular formula is C17H27FN4O3S. The fraction of sp³-hybridized carbons (Fsp3) is 0.647. The highest BCUT2D eigenvalue weighted by Crippen LogP contribution is 2.30. The summed E-state index contributed by atoms with van der Waals surface area (Å²) in [5.41, 5.74) is 5.66. The van der Waals surface area contributed by atoms with E-state index >= 15 is 0 Å². The summed E-state index contributed by atoms with van der Waals surface area (Å²) >= 11 is -1.29. The van der Waals surface area contributed by atoms with E-state index in [0.29, 0.717) is 24.5 Å². The molecule has 3 N–H and O–H groups in total. The van der Waals surface area contributed by atoms with E-state index in [1.807, 2.05) is 32.6 Å². The SMILES string of the molecule is C[C@@H](N[S+]([O-])C(C)(C)C)c1cc(F)cnc1N1CC[C@@H](COC(N)=O)C1. The van der Waals surface area contributed by atoms with Crippen molar-refractivity contribution in [3.8, 4) is 0 Å². The molecule has 2 rings (SSSR count). The summed E-state index contributed by atoms with van der Waals surface area (Å²) in [5, 5.41) is 0. The number of anilines is 1. The molecule has 0 aliphatic carbocycles. The lowest BCUT2D eigenvalue weighted by Gasteiger charge is -2.28. The molecule has 146 valence electrons. The lowest BCUT2D eigenvalue weighted by Crippen LogP contribution is -2.41. The lowest BCUT2D eigenvalue weighted by molar-refractivity contribution is 0.140. The third kappa shape index (κ3) is 5.46. The summed E-state index contributed by atoms with van der Waals surface area (Å²) in [5.74, 6) is 0.361. The van der Waals surface area contributed by atoms with Crippen molar-refractivity contribution in [3.05, 3.63) is 23.6 Å². The van der Waals surface area contributed by atoms with Crippen LogP contribution in [0.15, 0.2) is 12.3 Å². The number of nitrogens with one attached hydrogen (secondary N) is 1. The highest BCUT2D eigenvalue weighted by molar-refractivity contribution is 7.90. The normalized spacial score (nSPS) is 20.1. The second-order valence-corrected chi connectivity index (χ2v) is 9.52. The molecule has 1 aliphatic rings. The zero-order valence-corrected chi connectivity index (χ0v) is 16.4. The molecule has 1 aromatic heterocycles. The third-order valence-electron chi connectivity index (χ3n) is 4.21. The van der Waals surface area contributed by atoms with E-state index in [4.69, 9.17) is 10.5 Å². The van der Waals surface area contributed by atoms with Crippen LogP contribution in [0, 0.1) is 11.7 Å². The van der Waals surface area contributed by atoms with Gasteiger partial charge in [-0.3, -0.25) is 0 Å². The number of hydrogen-bond acceptors (Lipinski definition) is 6. The van der Waals surface area contributed by atoms with Crippen LogP contribution in [0.3, 0.4) is 0 Å². The summed E-state index contributed by atoms with van der Waals surface area (Å²) in [6.45, 7) is 9.06. The Hall–Kier alpha value is -1.58. The zero-order chi connectivity index (χ0) is 19.5. The number of ether oxygens (including phenoxy) is 1. The second-order valence-electron chi connectivity index (χ2n) is 7.52. The van der Waals surface area contributed by atoms with Crippen LogP contribution in [0.2, 0.25) is 0 Å². The number of amides is 1. The Bertz CT molecular complexity index is 641. The molecule has 9 heteroatoms. The molecule has 1 amide bonds. The number of primary amides is 1. The van der Waals surface area contributed by atoms with Crippen LogP contribution in [0.5, 0.6) is 0 Å².